The minimum atomic E-state index is 1.14. The highest BCUT2D eigenvalue weighted by Crippen LogP contribution is 1.70. The molecule has 0 aromatic rings. The molecule has 0 atom stereocenters. The maximum absolute atomic E-state index is 3.36. The van der Waals surface area contributed by atoms with E-state index in [1.54, 1.807) is 79.0 Å². The Morgan fingerprint density at radius 3 is 0.161 bits per heavy atom. The van der Waals surface area contributed by atoms with Crippen LogP contribution < -0.4 is 85.1 Å². The van der Waals surface area contributed by atoms with Crippen molar-refractivity contribution >= 4 is 0 Å². The van der Waals surface area contributed by atoms with Gasteiger partial charge in [-0.1, -0.05) is 92.8 Å². The number of hydrogen-bond acceptors (Lipinski definition) is 16. The first-order chi connectivity index (χ1) is 45.4. The summed E-state index contributed by atoms with van der Waals surface area (Å²) in [4.78, 5) is 0. The lowest BCUT2D eigenvalue weighted by molar-refractivity contribution is 0.534. The van der Waals surface area contributed by atoms with Crippen molar-refractivity contribution in [2.24, 2.45) is 0 Å². The fraction of sp³-hybridized carbons (Fsp3) is 0.610. The lowest BCUT2D eigenvalue weighted by Crippen LogP contribution is -2.39. The average Bonchev–Trinajstić information content (AvgIpc) is 3.63. The highest BCUT2D eigenvalue weighted by molar-refractivity contribution is 4.65. The van der Waals surface area contributed by atoms with Crippen LogP contribution in [0.3, 0.4) is 0 Å². The molecule has 8 rings (SSSR count). The van der Waals surface area contributed by atoms with Gasteiger partial charge in [-0.3, -0.25) is 0 Å². The first-order valence-corrected chi connectivity index (χ1v) is 34.1. The van der Waals surface area contributed by atoms with Gasteiger partial charge in [0, 0.05) is 209 Å². The molecular weight excluding hydrogens is 1150 g/mol. The molecule has 0 aromatic carbocycles. The number of rotatable bonds is 0. The quantitative estimate of drug-likeness (QED) is 0.102. The van der Waals surface area contributed by atoms with Crippen molar-refractivity contribution in [2.75, 3.05) is 209 Å². The number of allylic oxidation sites excluding steroid dienone is 13. The lowest BCUT2D eigenvalue weighted by atomic mass is 10.4. The Balaban J connectivity index is -0.0000000480. The van der Waals surface area contributed by atoms with Gasteiger partial charge >= 0.3 is 0 Å². The Kier molecular flexibility index (Phi) is 284. The number of nitrogens with one attached hydrogen (secondary N) is 16. The van der Waals surface area contributed by atoms with E-state index in [4.69, 9.17) is 0 Å². The van der Waals surface area contributed by atoms with Gasteiger partial charge in [0.25, 0.3) is 0 Å². The predicted molar refractivity (Wildman–Crippen MR) is 446 cm³/mol. The van der Waals surface area contributed by atoms with Gasteiger partial charge in [0.1, 0.15) is 0 Å². The van der Waals surface area contributed by atoms with E-state index in [0.29, 0.717) is 0 Å². The Labute approximate surface area is 586 Å². The van der Waals surface area contributed by atoms with Crippen molar-refractivity contribution in [3.63, 3.8) is 0 Å². The van der Waals surface area contributed by atoms with Gasteiger partial charge < -0.3 is 85.1 Å². The fourth-order valence-corrected chi connectivity index (χ4v) is 4.83. The normalized spacial score (nSPS) is 14.4. The summed E-state index contributed by atoms with van der Waals surface area (Å²) in [5, 5.41) is 51.6. The number of hydrogen-bond donors (Lipinski definition) is 16. The smallest absolute Gasteiger partial charge is 0.00772 e. The fourth-order valence-electron chi connectivity index (χ4n) is 4.83. The van der Waals surface area contributed by atoms with Gasteiger partial charge in [0.05, 0.1) is 0 Å². The Morgan fingerprint density at radius 2 is 0.151 bits per heavy atom. The third kappa shape index (κ3) is 338. The zero-order valence-electron chi connectivity index (χ0n) is 65.2. The van der Waals surface area contributed by atoms with Crippen LogP contribution >= 0.6 is 0 Å². The molecule has 560 valence electrons. The molecular formula is C77H172N16. The van der Waals surface area contributed by atoms with Crippen molar-refractivity contribution in [1.29, 1.82) is 0 Å². The third-order valence-corrected chi connectivity index (χ3v) is 7.66. The van der Waals surface area contributed by atoms with Crippen LogP contribution in [0.4, 0.5) is 0 Å². The van der Waals surface area contributed by atoms with Gasteiger partial charge in [-0.25, -0.2) is 0 Å². The van der Waals surface area contributed by atoms with Crippen molar-refractivity contribution in [1.82, 2.24) is 85.1 Å². The van der Waals surface area contributed by atoms with E-state index in [9.17, 15) is 0 Å². The molecule has 8 aliphatic heterocycles. The van der Waals surface area contributed by atoms with Crippen LogP contribution in [0.2, 0.25) is 0 Å². The summed E-state index contributed by atoms with van der Waals surface area (Å²) in [6.07, 6.45) is 22.8. The molecule has 8 heterocycles. The van der Waals surface area contributed by atoms with Gasteiger partial charge in [-0.2, -0.15) is 0 Å². The first kappa shape index (κ1) is 129. The van der Waals surface area contributed by atoms with E-state index in [1.165, 1.54) is 0 Å². The van der Waals surface area contributed by atoms with Gasteiger partial charge in [0.15, 0.2) is 0 Å². The largest absolute Gasteiger partial charge is 0.314 e. The summed E-state index contributed by atoms with van der Waals surface area (Å²) >= 11 is 0. The van der Waals surface area contributed by atoms with Crippen molar-refractivity contribution < 1.29 is 0 Å². The van der Waals surface area contributed by atoms with Crippen LogP contribution in [0.15, 0.2) is 191 Å². The van der Waals surface area contributed by atoms with E-state index in [-0.39, 0.29) is 0 Å². The second-order valence-electron chi connectivity index (χ2n) is 17.3. The maximum atomic E-state index is 3.36. The van der Waals surface area contributed by atoms with E-state index in [1.807, 2.05) is 104 Å². The molecule has 8 saturated heterocycles. The zero-order valence-corrected chi connectivity index (χ0v) is 65.2. The minimum absolute atomic E-state index is 1.14. The second-order valence-corrected chi connectivity index (χ2v) is 17.3. The SMILES string of the molecule is C1CNCCN1.C1CNCCN1.C1CNCCN1.C1CNCCN1.C1CNCCN1.C1CNCCN1.C1CNCCN1.C1CNCCN1.C=C.C=C.C=CC.C=CC.C=CC.C=CC.C=CC.C=CC.C=CC.C=CC.C=CC.C=CC.C=CC.C=CC.C=CC.CC. The summed E-state index contributed by atoms with van der Waals surface area (Å²) in [7, 11) is 0. The molecule has 16 nitrogen and oxygen atoms in total. The molecule has 16 heteroatoms. The molecule has 0 amide bonds. The molecule has 0 aliphatic carbocycles. The molecule has 0 spiro atoms. The molecule has 93 heavy (non-hydrogen) atoms. The van der Waals surface area contributed by atoms with Crippen molar-refractivity contribution in [2.45, 2.75) is 104 Å². The first-order valence-electron chi connectivity index (χ1n) is 34.1. The molecule has 0 bridgehead atoms. The molecule has 8 fully saturated rings. The van der Waals surface area contributed by atoms with Gasteiger partial charge in [-0.05, 0) is 90.0 Å². The van der Waals surface area contributed by atoms with Crippen LogP contribution in [0, 0.1) is 0 Å². The third-order valence-electron chi connectivity index (χ3n) is 7.66. The summed E-state index contributed by atoms with van der Waals surface area (Å²) < 4.78 is 0. The van der Waals surface area contributed by atoms with Crippen LogP contribution in [-0.4, -0.2) is 209 Å². The van der Waals surface area contributed by atoms with Crippen molar-refractivity contribution in [3.05, 3.63) is 191 Å². The summed E-state index contributed by atoms with van der Waals surface area (Å²) in [6.45, 7) is 121. The summed E-state index contributed by atoms with van der Waals surface area (Å²) in [6, 6.07) is 0. The Bertz CT molecular complexity index is 774. The van der Waals surface area contributed by atoms with Crippen LogP contribution in [0.25, 0.3) is 0 Å². The topological polar surface area (TPSA) is 192 Å². The molecule has 8 aliphatic rings. The predicted octanol–water partition coefficient (Wildman–Crippen LogP) is 11.6. The highest BCUT2D eigenvalue weighted by Gasteiger charge is 1.96. The highest BCUT2D eigenvalue weighted by atomic mass is 15.0. The molecule has 16 N–H and O–H groups in total. The molecule has 0 saturated carbocycles. The molecule has 0 radical (unpaired) electrons. The van der Waals surface area contributed by atoms with E-state index >= 15 is 0 Å². The van der Waals surface area contributed by atoms with E-state index in [0.717, 1.165) is 209 Å². The van der Waals surface area contributed by atoms with Crippen molar-refractivity contribution in [3.8, 4) is 0 Å². The number of piperazine rings is 8. The van der Waals surface area contributed by atoms with E-state index < -0.39 is 0 Å². The van der Waals surface area contributed by atoms with E-state index in [2.05, 4.69) is 197 Å². The van der Waals surface area contributed by atoms with Crippen LogP contribution in [0.1, 0.15) is 104 Å². The summed E-state index contributed by atoms with van der Waals surface area (Å²) in [5.74, 6) is 0. The molecule has 0 unspecified atom stereocenters. The zero-order chi connectivity index (χ0) is 75.1. The monoisotopic (exact) mass is 1320 g/mol. The van der Waals surface area contributed by atoms with Crippen LogP contribution in [-0.2, 0) is 0 Å². The van der Waals surface area contributed by atoms with Gasteiger partial charge in [0.2, 0.25) is 0 Å². The average molecular weight is 1320 g/mol. The molecule has 0 aromatic heterocycles. The minimum Gasteiger partial charge on any atom is -0.314 e. The Morgan fingerprint density at radius 1 is 0.129 bits per heavy atom. The second kappa shape index (κ2) is 205. The van der Waals surface area contributed by atoms with Gasteiger partial charge in [-0.15, -0.1) is 112 Å². The van der Waals surface area contributed by atoms with Crippen LogP contribution in [0.5, 0.6) is 0 Å². The summed E-state index contributed by atoms with van der Waals surface area (Å²) in [5.41, 5.74) is 0. The maximum Gasteiger partial charge on any atom is 0.00772 e. The standard InChI is InChI=1S/8C4H10N2.13C3H6.C2H6.2C2H4/c8*1-2-6-4-3-5-1;13*1-3-2;3*1-2/h8*5-6H,1-4H2;13*3H,1H2,2H3;1-2H3;2*1-2H2. The lowest BCUT2D eigenvalue weighted by Gasteiger charge is -2.11. The Hall–Kier alpha value is -4.54.